The smallest absolute Gasteiger partial charge is 0.159 e. The lowest BCUT2D eigenvalue weighted by atomic mass is 9.90. The van der Waals surface area contributed by atoms with Gasteiger partial charge in [0.05, 0.1) is 17.9 Å². The first-order chi connectivity index (χ1) is 14.5. The van der Waals surface area contributed by atoms with E-state index >= 15 is 0 Å². The molecule has 0 spiro atoms. The molecule has 8 nitrogen and oxygen atoms in total. The zero-order valence-corrected chi connectivity index (χ0v) is 17.3. The molecule has 158 valence electrons. The maximum atomic E-state index is 13.4. The molecule has 3 aromatic rings. The van der Waals surface area contributed by atoms with Crippen molar-refractivity contribution in [2.45, 2.75) is 32.5 Å². The Morgan fingerprint density at radius 1 is 1.13 bits per heavy atom. The number of ether oxygens (including phenoxy) is 1. The van der Waals surface area contributed by atoms with Gasteiger partial charge in [0.2, 0.25) is 0 Å². The summed E-state index contributed by atoms with van der Waals surface area (Å²) in [6.45, 7) is 4.56. The number of nitrogens with one attached hydrogen (secondary N) is 3. The van der Waals surface area contributed by atoms with Gasteiger partial charge in [-0.3, -0.25) is 0 Å². The van der Waals surface area contributed by atoms with Gasteiger partial charge in [-0.2, -0.15) is 5.10 Å². The van der Waals surface area contributed by atoms with Crippen molar-refractivity contribution >= 4 is 5.82 Å². The van der Waals surface area contributed by atoms with Crippen LogP contribution in [-0.4, -0.2) is 39.6 Å². The normalized spacial score (nSPS) is 21.1. The second kappa shape index (κ2) is 8.86. The minimum absolute atomic E-state index is 0.00978. The molecule has 0 radical (unpaired) electrons. The number of hydrogen-bond acceptors (Lipinski definition) is 7. The fourth-order valence-corrected chi connectivity index (χ4v) is 3.88. The van der Waals surface area contributed by atoms with Gasteiger partial charge in [0.25, 0.3) is 0 Å². The maximum absolute atomic E-state index is 13.4. The number of halogens is 1. The van der Waals surface area contributed by atoms with Gasteiger partial charge in [0.1, 0.15) is 18.0 Å². The topological polar surface area (TPSA) is 88.9 Å². The zero-order chi connectivity index (χ0) is 21.1. The number of benzene rings is 1. The van der Waals surface area contributed by atoms with E-state index in [9.17, 15) is 4.39 Å². The van der Waals surface area contributed by atoms with Crippen molar-refractivity contribution in [3.63, 3.8) is 0 Å². The van der Waals surface area contributed by atoms with Crippen LogP contribution < -0.4 is 16.2 Å². The van der Waals surface area contributed by atoms with E-state index in [0.717, 1.165) is 23.4 Å². The van der Waals surface area contributed by atoms with Crippen molar-refractivity contribution in [3.05, 3.63) is 65.5 Å². The summed E-state index contributed by atoms with van der Waals surface area (Å²) in [6.07, 6.45) is 2.24. The standard InChI is InChI=1S/C21H26FN7O/c1-13-10-14(2)29(28-13)19-11-18(23-12-24-19)25-21-17(8-9-30-3)20(26-27-21)15-4-6-16(22)7-5-15/h4-7,10-12,17,20-21,26-27H,8-9H2,1-3H3,(H,23,24,25). The molecule has 3 N–H and O–H groups in total. The summed E-state index contributed by atoms with van der Waals surface area (Å²) in [5, 5.41) is 7.94. The van der Waals surface area contributed by atoms with Crippen LogP contribution in [0.3, 0.4) is 0 Å². The van der Waals surface area contributed by atoms with Gasteiger partial charge in [-0.1, -0.05) is 12.1 Å². The van der Waals surface area contributed by atoms with Crippen LogP contribution in [0.1, 0.15) is 29.4 Å². The first-order valence-corrected chi connectivity index (χ1v) is 9.93. The van der Waals surface area contributed by atoms with Gasteiger partial charge in [-0.15, -0.1) is 0 Å². The summed E-state index contributed by atoms with van der Waals surface area (Å²) in [5.41, 5.74) is 9.59. The monoisotopic (exact) mass is 411 g/mol. The fourth-order valence-electron chi connectivity index (χ4n) is 3.88. The molecule has 30 heavy (non-hydrogen) atoms. The Balaban J connectivity index is 1.55. The summed E-state index contributed by atoms with van der Waals surface area (Å²) in [4.78, 5) is 8.73. The molecule has 2 aromatic heterocycles. The Hall–Kier alpha value is -2.88. The molecule has 0 aliphatic carbocycles. The van der Waals surface area contributed by atoms with Crippen LogP contribution in [-0.2, 0) is 4.74 Å². The van der Waals surface area contributed by atoms with Crippen LogP contribution in [0.5, 0.6) is 0 Å². The predicted octanol–water partition coefficient (Wildman–Crippen LogP) is 2.66. The maximum Gasteiger partial charge on any atom is 0.159 e. The van der Waals surface area contributed by atoms with E-state index in [1.807, 2.05) is 38.1 Å². The third-order valence-corrected chi connectivity index (χ3v) is 5.32. The molecule has 1 aliphatic rings. The highest BCUT2D eigenvalue weighted by atomic mass is 19.1. The minimum atomic E-state index is -0.245. The number of aryl methyl sites for hydroxylation is 2. The van der Waals surface area contributed by atoms with Gasteiger partial charge in [0.15, 0.2) is 5.82 Å². The molecule has 1 fully saturated rings. The summed E-state index contributed by atoms with van der Waals surface area (Å²) < 4.78 is 20.5. The Labute approximate surface area is 174 Å². The van der Waals surface area contributed by atoms with Gasteiger partial charge in [-0.05, 0) is 44.0 Å². The first kappa shape index (κ1) is 20.4. The molecule has 1 saturated heterocycles. The SMILES string of the molecule is COCCC1C(Nc2cc(-n3nc(C)cc3C)ncn2)NNC1c1ccc(F)cc1. The molecule has 1 aliphatic heterocycles. The fraction of sp³-hybridized carbons (Fsp3) is 0.381. The van der Waals surface area contributed by atoms with Crippen molar-refractivity contribution in [2.24, 2.45) is 5.92 Å². The summed E-state index contributed by atoms with van der Waals surface area (Å²) in [6, 6.07) is 10.5. The number of hydrazine groups is 1. The molecule has 1 aromatic carbocycles. The van der Waals surface area contributed by atoms with E-state index in [2.05, 4.69) is 31.2 Å². The number of hydrogen-bond donors (Lipinski definition) is 3. The van der Waals surface area contributed by atoms with Gasteiger partial charge in [-0.25, -0.2) is 29.9 Å². The second-order valence-electron chi connectivity index (χ2n) is 7.49. The van der Waals surface area contributed by atoms with Crippen LogP contribution in [0.15, 0.2) is 42.7 Å². The van der Waals surface area contributed by atoms with Gasteiger partial charge >= 0.3 is 0 Å². The van der Waals surface area contributed by atoms with Crippen LogP contribution in [0.2, 0.25) is 0 Å². The highest BCUT2D eigenvalue weighted by Crippen LogP contribution is 2.32. The van der Waals surface area contributed by atoms with Crippen LogP contribution in [0.25, 0.3) is 5.82 Å². The summed E-state index contributed by atoms with van der Waals surface area (Å²) in [5.74, 6) is 1.30. The quantitative estimate of drug-likeness (QED) is 0.551. The van der Waals surface area contributed by atoms with Crippen molar-refractivity contribution in [1.82, 2.24) is 30.6 Å². The number of aromatic nitrogens is 4. The molecule has 0 amide bonds. The first-order valence-electron chi connectivity index (χ1n) is 9.93. The lowest BCUT2D eigenvalue weighted by Crippen LogP contribution is -2.38. The van der Waals surface area contributed by atoms with Crippen LogP contribution in [0, 0.1) is 25.6 Å². The van der Waals surface area contributed by atoms with E-state index in [0.29, 0.717) is 18.2 Å². The number of rotatable bonds is 7. The minimum Gasteiger partial charge on any atom is -0.385 e. The van der Waals surface area contributed by atoms with Crippen molar-refractivity contribution in [3.8, 4) is 5.82 Å². The molecule has 3 atom stereocenters. The third-order valence-electron chi connectivity index (χ3n) is 5.32. The van der Waals surface area contributed by atoms with Crippen molar-refractivity contribution in [2.75, 3.05) is 19.0 Å². The lowest BCUT2D eigenvalue weighted by Gasteiger charge is -2.24. The summed E-state index contributed by atoms with van der Waals surface area (Å²) in [7, 11) is 1.69. The number of anilines is 1. The Kier molecular flexibility index (Phi) is 6.03. The number of methoxy groups -OCH3 is 1. The number of nitrogens with zero attached hydrogens (tertiary/aromatic N) is 4. The van der Waals surface area contributed by atoms with Crippen molar-refractivity contribution in [1.29, 1.82) is 0 Å². The van der Waals surface area contributed by atoms with Crippen LogP contribution >= 0.6 is 0 Å². The van der Waals surface area contributed by atoms with E-state index in [4.69, 9.17) is 4.74 Å². The van der Waals surface area contributed by atoms with Gasteiger partial charge < -0.3 is 10.1 Å². The second-order valence-corrected chi connectivity index (χ2v) is 7.49. The Bertz CT molecular complexity index is 991. The molecule has 3 unspecified atom stereocenters. The Morgan fingerprint density at radius 2 is 1.93 bits per heavy atom. The van der Waals surface area contributed by atoms with Crippen molar-refractivity contribution < 1.29 is 9.13 Å². The highest BCUT2D eigenvalue weighted by molar-refractivity contribution is 5.42. The predicted molar refractivity (Wildman–Crippen MR) is 111 cm³/mol. The molecule has 0 bridgehead atoms. The molecule has 4 rings (SSSR count). The van der Waals surface area contributed by atoms with E-state index < -0.39 is 0 Å². The Morgan fingerprint density at radius 3 is 2.63 bits per heavy atom. The summed E-state index contributed by atoms with van der Waals surface area (Å²) >= 11 is 0. The molecule has 3 heterocycles. The highest BCUT2D eigenvalue weighted by Gasteiger charge is 2.36. The molecule has 9 heteroatoms. The molecule has 0 saturated carbocycles. The molecular formula is C21H26FN7O. The zero-order valence-electron chi connectivity index (χ0n) is 17.3. The lowest BCUT2D eigenvalue weighted by molar-refractivity contribution is 0.171. The molecular weight excluding hydrogens is 385 g/mol. The third kappa shape index (κ3) is 4.33. The largest absolute Gasteiger partial charge is 0.385 e. The van der Waals surface area contributed by atoms with Gasteiger partial charge in [0, 0.05) is 31.4 Å². The van der Waals surface area contributed by atoms with E-state index in [1.165, 1.54) is 18.5 Å². The van der Waals surface area contributed by atoms with E-state index in [-0.39, 0.29) is 23.9 Å². The average molecular weight is 411 g/mol. The average Bonchev–Trinajstić information content (AvgIpc) is 3.29. The van der Waals surface area contributed by atoms with Crippen LogP contribution in [0.4, 0.5) is 10.2 Å². The van der Waals surface area contributed by atoms with E-state index in [1.54, 1.807) is 11.8 Å².